The lowest BCUT2D eigenvalue weighted by Crippen LogP contribution is -2.42. The van der Waals surface area contributed by atoms with Gasteiger partial charge in [0.1, 0.15) is 0 Å². The van der Waals surface area contributed by atoms with E-state index in [1.54, 1.807) is 0 Å². The van der Waals surface area contributed by atoms with E-state index in [-0.39, 0.29) is 18.4 Å². The molecule has 0 spiro atoms. The van der Waals surface area contributed by atoms with Crippen LogP contribution in [0.3, 0.4) is 0 Å². The summed E-state index contributed by atoms with van der Waals surface area (Å²) < 4.78 is 0. The van der Waals surface area contributed by atoms with Crippen molar-refractivity contribution in [3.05, 3.63) is 29.8 Å². The molecule has 1 aromatic rings. The molecule has 0 unspecified atom stereocenters. The van der Waals surface area contributed by atoms with Gasteiger partial charge in [0.25, 0.3) is 0 Å². The molecule has 1 atom stereocenters. The Morgan fingerprint density at radius 3 is 2.56 bits per heavy atom. The monoisotopic (exact) mass is 237 g/mol. The van der Waals surface area contributed by atoms with Gasteiger partial charge < -0.3 is 10.6 Å². The molecular weight excluding hydrogens is 222 g/mol. The fourth-order valence-electron chi connectivity index (χ4n) is 1.99. The molecule has 86 valence electrons. The normalized spacial score (nSPS) is 19.8. The number of nitriles is 1. The summed E-state index contributed by atoms with van der Waals surface area (Å²) in [4.78, 5) is 2.29. The number of rotatable bonds is 1. The lowest BCUT2D eigenvalue weighted by atomic mass is 10.1. The van der Waals surface area contributed by atoms with Crippen molar-refractivity contribution in [3.8, 4) is 6.07 Å². The van der Waals surface area contributed by atoms with Crippen molar-refractivity contribution in [2.45, 2.75) is 18.9 Å². The van der Waals surface area contributed by atoms with Gasteiger partial charge in [-0.15, -0.1) is 12.4 Å². The van der Waals surface area contributed by atoms with Gasteiger partial charge in [0.15, 0.2) is 0 Å². The SMILES string of the molecule is Cl.N#Cc1ccc(N2CCC[C@@H](N)C2)cc1. The molecule has 1 heterocycles. The number of hydrogen-bond donors (Lipinski definition) is 1. The number of nitrogens with zero attached hydrogens (tertiary/aromatic N) is 2. The Morgan fingerprint density at radius 2 is 2.00 bits per heavy atom. The molecule has 2 N–H and O–H groups in total. The van der Waals surface area contributed by atoms with Crippen molar-refractivity contribution in [1.29, 1.82) is 5.26 Å². The summed E-state index contributed by atoms with van der Waals surface area (Å²) in [6, 6.07) is 10.1. The van der Waals surface area contributed by atoms with E-state index in [2.05, 4.69) is 11.0 Å². The van der Waals surface area contributed by atoms with E-state index >= 15 is 0 Å². The van der Waals surface area contributed by atoms with Crippen LogP contribution in [0.15, 0.2) is 24.3 Å². The first-order chi connectivity index (χ1) is 7.29. The first-order valence-electron chi connectivity index (χ1n) is 5.30. The van der Waals surface area contributed by atoms with Crippen LogP contribution in [0, 0.1) is 11.3 Å². The van der Waals surface area contributed by atoms with Crippen molar-refractivity contribution < 1.29 is 0 Å². The van der Waals surface area contributed by atoms with E-state index in [0.29, 0.717) is 5.56 Å². The molecule has 0 radical (unpaired) electrons. The Labute approximate surface area is 102 Å². The molecule has 1 saturated heterocycles. The van der Waals surface area contributed by atoms with Crippen molar-refractivity contribution in [3.63, 3.8) is 0 Å². The van der Waals surface area contributed by atoms with E-state index in [1.807, 2.05) is 24.3 Å². The second-order valence-electron chi connectivity index (χ2n) is 4.01. The molecule has 1 aliphatic rings. The molecule has 0 bridgehead atoms. The smallest absolute Gasteiger partial charge is 0.0991 e. The van der Waals surface area contributed by atoms with Gasteiger partial charge in [-0.3, -0.25) is 0 Å². The Bertz CT molecular complexity index is 369. The summed E-state index contributed by atoms with van der Waals surface area (Å²) in [6.45, 7) is 1.99. The molecular formula is C12H16ClN3. The fourth-order valence-corrected chi connectivity index (χ4v) is 1.99. The van der Waals surface area contributed by atoms with E-state index in [0.717, 1.165) is 25.9 Å². The van der Waals surface area contributed by atoms with Crippen LogP contribution in [0.4, 0.5) is 5.69 Å². The van der Waals surface area contributed by atoms with Gasteiger partial charge in [0, 0.05) is 24.8 Å². The quantitative estimate of drug-likeness (QED) is 0.812. The highest BCUT2D eigenvalue weighted by atomic mass is 35.5. The first kappa shape index (κ1) is 12.8. The minimum Gasteiger partial charge on any atom is -0.370 e. The van der Waals surface area contributed by atoms with Crippen LogP contribution in [0.5, 0.6) is 0 Å². The third-order valence-electron chi connectivity index (χ3n) is 2.82. The average molecular weight is 238 g/mol. The van der Waals surface area contributed by atoms with E-state index in [4.69, 9.17) is 11.0 Å². The van der Waals surface area contributed by atoms with Gasteiger partial charge in [-0.25, -0.2) is 0 Å². The number of nitrogens with two attached hydrogens (primary N) is 1. The molecule has 0 aliphatic carbocycles. The van der Waals surface area contributed by atoms with Crippen molar-refractivity contribution >= 4 is 18.1 Å². The van der Waals surface area contributed by atoms with Crippen LogP contribution in [0.25, 0.3) is 0 Å². The molecule has 1 aliphatic heterocycles. The highest BCUT2D eigenvalue weighted by molar-refractivity contribution is 5.85. The van der Waals surface area contributed by atoms with E-state index in [1.165, 1.54) is 5.69 Å². The predicted molar refractivity (Wildman–Crippen MR) is 67.8 cm³/mol. The summed E-state index contributed by atoms with van der Waals surface area (Å²) in [5.74, 6) is 0. The Morgan fingerprint density at radius 1 is 1.31 bits per heavy atom. The molecule has 1 aromatic carbocycles. The van der Waals surface area contributed by atoms with Crippen LogP contribution >= 0.6 is 12.4 Å². The minimum absolute atomic E-state index is 0. The molecule has 16 heavy (non-hydrogen) atoms. The molecule has 0 saturated carbocycles. The summed E-state index contributed by atoms with van der Waals surface area (Å²) in [5.41, 5.74) is 7.80. The van der Waals surface area contributed by atoms with Gasteiger partial charge in [-0.05, 0) is 37.1 Å². The number of benzene rings is 1. The Balaban J connectivity index is 0.00000128. The minimum atomic E-state index is 0. The van der Waals surface area contributed by atoms with Crippen LogP contribution in [0.2, 0.25) is 0 Å². The summed E-state index contributed by atoms with van der Waals surface area (Å²) in [7, 11) is 0. The molecule has 0 amide bonds. The first-order valence-corrected chi connectivity index (χ1v) is 5.30. The van der Waals surface area contributed by atoms with Crippen LogP contribution in [-0.4, -0.2) is 19.1 Å². The van der Waals surface area contributed by atoms with Crippen LogP contribution in [-0.2, 0) is 0 Å². The van der Waals surface area contributed by atoms with Crippen LogP contribution in [0.1, 0.15) is 18.4 Å². The fraction of sp³-hybridized carbons (Fsp3) is 0.417. The van der Waals surface area contributed by atoms with Gasteiger partial charge in [-0.2, -0.15) is 5.26 Å². The zero-order valence-electron chi connectivity index (χ0n) is 9.10. The Hall–Kier alpha value is -1.24. The maximum Gasteiger partial charge on any atom is 0.0991 e. The van der Waals surface area contributed by atoms with Gasteiger partial charge >= 0.3 is 0 Å². The Kier molecular flexibility index (Phi) is 4.60. The van der Waals surface area contributed by atoms with Gasteiger partial charge in [-0.1, -0.05) is 0 Å². The predicted octanol–water partition coefficient (Wildman–Crippen LogP) is 1.91. The lowest BCUT2D eigenvalue weighted by molar-refractivity contribution is 0.506. The molecule has 3 nitrogen and oxygen atoms in total. The third kappa shape index (κ3) is 2.88. The maximum atomic E-state index is 8.70. The maximum absolute atomic E-state index is 8.70. The number of anilines is 1. The topological polar surface area (TPSA) is 53.0 Å². The standard InChI is InChI=1S/C12H15N3.ClH/c13-8-10-3-5-12(6-4-10)15-7-1-2-11(14)9-15;/h3-6,11H,1-2,7,9,14H2;1H/t11-;/m1./s1. The van der Waals surface area contributed by atoms with Crippen molar-refractivity contribution in [2.24, 2.45) is 5.73 Å². The van der Waals surface area contributed by atoms with Crippen molar-refractivity contribution in [2.75, 3.05) is 18.0 Å². The largest absolute Gasteiger partial charge is 0.370 e. The zero-order valence-corrected chi connectivity index (χ0v) is 9.91. The summed E-state index contributed by atoms with van der Waals surface area (Å²) in [6.07, 6.45) is 2.27. The average Bonchev–Trinajstić information content (AvgIpc) is 2.29. The molecule has 1 fully saturated rings. The second kappa shape index (κ2) is 5.74. The highest BCUT2D eigenvalue weighted by Crippen LogP contribution is 2.19. The van der Waals surface area contributed by atoms with Crippen LogP contribution < -0.4 is 10.6 Å². The van der Waals surface area contributed by atoms with E-state index in [9.17, 15) is 0 Å². The third-order valence-corrected chi connectivity index (χ3v) is 2.82. The summed E-state index contributed by atoms with van der Waals surface area (Å²) >= 11 is 0. The lowest BCUT2D eigenvalue weighted by Gasteiger charge is -2.32. The second-order valence-corrected chi connectivity index (χ2v) is 4.01. The summed E-state index contributed by atoms with van der Waals surface area (Å²) in [5, 5.41) is 8.70. The number of hydrogen-bond acceptors (Lipinski definition) is 3. The molecule has 2 rings (SSSR count). The molecule has 0 aromatic heterocycles. The van der Waals surface area contributed by atoms with Gasteiger partial charge in [0.05, 0.1) is 11.6 Å². The van der Waals surface area contributed by atoms with Crippen molar-refractivity contribution in [1.82, 2.24) is 0 Å². The number of piperidine rings is 1. The van der Waals surface area contributed by atoms with E-state index < -0.39 is 0 Å². The zero-order chi connectivity index (χ0) is 10.7. The number of halogens is 1. The van der Waals surface area contributed by atoms with Gasteiger partial charge in [0.2, 0.25) is 0 Å². The highest BCUT2D eigenvalue weighted by Gasteiger charge is 2.16. The molecule has 4 heteroatoms.